The zero-order chi connectivity index (χ0) is 20.1. The minimum atomic E-state index is -0.542. The third-order valence-corrected chi connectivity index (χ3v) is 5.10. The van der Waals surface area contributed by atoms with Crippen molar-refractivity contribution in [3.63, 3.8) is 0 Å². The average molecular weight is 405 g/mol. The number of hydrogen-bond acceptors (Lipinski definition) is 6. The van der Waals surface area contributed by atoms with Gasteiger partial charge in [0.2, 0.25) is 0 Å². The number of benzene rings is 1. The standard InChI is InChI=1S/C19H21ClN4O4/c1-23-7-3-6-16(23)12-28-17-9-14(18(20)21-11-17)10-22-19(25)13-4-2-5-15(8-13)24(26)27/h2,4-5,8-9,11,16H,3,6-7,10,12H2,1H3,(H,22,25)/t16-/m1/s1. The highest BCUT2D eigenvalue weighted by atomic mass is 35.5. The molecule has 0 spiro atoms. The van der Waals surface area contributed by atoms with Gasteiger partial charge in [0.05, 0.1) is 11.1 Å². The predicted molar refractivity (Wildman–Crippen MR) is 105 cm³/mol. The molecule has 0 saturated carbocycles. The number of non-ortho nitro benzene ring substituents is 1. The zero-order valence-corrected chi connectivity index (χ0v) is 16.2. The SMILES string of the molecule is CN1CCC[C@@H]1COc1cnc(Cl)c(CNC(=O)c2cccc([N+](=O)[O-])c2)c1. The smallest absolute Gasteiger partial charge is 0.270 e. The van der Waals surface area contributed by atoms with Crippen LogP contribution in [0.4, 0.5) is 5.69 Å². The third-order valence-electron chi connectivity index (χ3n) is 4.76. The number of nitro benzene ring substituents is 1. The summed E-state index contributed by atoms with van der Waals surface area (Å²) in [4.78, 5) is 29.0. The Morgan fingerprint density at radius 1 is 1.46 bits per heavy atom. The van der Waals surface area contributed by atoms with Crippen LogP contribution in [0.5, 0.6) is 5.75 Å². The van der Waals surface area contributed by atoms with Crippen molar-refractivity contribution in [1.82, 2.24) is 15.2 Å². The van der Waals surface area contributed by atoms with E-state index in [1.54, 1.807) is 12.3 Å². The number of carbonyl (C=O) groups is 1. The van der Waals surface area contributed by atoms with Crippen molar-refractivity contribution < 1.29 is 14.5 Å². The Morgan fingerprint density at radius 3 is 3.00 bits per heavy atom. The van der Waals surface area contributed by atoms with Crippen LogP contribution in [-0.2, 0) is 6.54 Å². The molecule has 3 rings (SSSR count). The number of hydrogen-bond donors (Lipinski definition) is 1. The summed E-state index contributed by atoms with van der Waals surface area (Å²) in [5.41, 5.74) is 0.673. The summed E-state index contributed by atoms with van der Waals surface area (Å²) in [6.45, 7) is 1.77. The van der Waals surface area contributed by atoms with Gasteiger partial charge in [-0.15, -0.1) is 0 Å². The summed E-state index contributed by atoms with van der Waals surface area (Å²) in [5.74, 6) is 0.156. The summed E-state index contributed by atoms with van der Waals surface area (Å²) in [6, 6.07) is 7.67. The maximum atomic E-state index is 12.3. The molecule has 1 aromatic heterocycles. The summed E-state index contributed by atoms with van der Waals surface area (Å²) in [5, 5.41) is 13.8. The topological polar surface area (TPSA) is 97.6 Å². The second-order valence-electron chi connectivity index (χ2n) is 6.70. The van der Waals surface area contributed by atoms with Gasteiger partial charge in [0, 0.05) is 35.8 Å². The molecule has 2 heterocycles. The molecule has 0 unspecified atom stereocenters. The minimum absolute atomic E-state index is 0.133. The molecule has 1 fully saturated rings. The molecule has 0 radical (unpaired) electrons. The molecule has 0 bridgehead atoms. The van der Waals surface area contributed by atoms with Gasteiger partial charge in [-0.05, 0) is 38.6 Å². The van der Waals surface area contributed by atoms with E-state index in [2.05, 4.69) is 22.2 Å². The number of pyridine rings is 1. The van der Waals surface area contributed by atoms with E-state index < -0.39 is 10.8 Å². The van der Waals surface area contributed by atoms with E-state index in [-0.39, 0.29) is 22.9 Å². The van der Waals surface area contributed by atoms with Crippen molar-refractivity contribution in [2.75, 3.05) is 20.2 Å². The second kappa shape index (κ2) is 8.99. The summed E-state index contributed by atoms with van der Waals surface area (Å²) in [6.07, 6.45) is 3.82. The lowest BCUT2D eigenvalue weighted by molar-refractivity contribution is -0.384. The van der Waals surface area contributed by atoms with E-state index in [4.69, 9.17) is 16.3 Å². The highest BCUT2D eigenvalue weighted by Gasteiger charge is 2.21. The quantitative estimate of drug-likeness (QED) is 0.432. The predicted octanol–water partition coefficient (Wildman–Crippen LogP) is 3.05. The molecule has 1 aliphatic rings. The summed E-state index contributed by atoms with van der Waals surface area (Å²) in [7, 11) is 2.08. The average Bonchev–Trinajstić information content (AvgIpc) is 3.11. The number of aromatic nitrogens is 1. The molecule has 1 amide bonds. The molecule has 8 nitrogen and oxygen atoms in total. The highest BCUT2D eigenvalue weighted by Crippen LogP contribution is 2.21. The lowest BCUT2D eigenvalue weighted by atomic mass is 10.2. The molecular weight excluding hydrogens is 384 g/mol. The number of nitrogens with one attached hydrogen (secondary N) is 1. The van der Waals surface area contributed by atoms with E-state index in [1.165, 1.54) is 30.7 Å². The van der Waals surface area contributed by atoms with Crippen LogP contribution in [0.2, 0.25) is 5.15 Å². The number of ether oxygens (including phenoxy) is 1. The Kier molecular flexibility index (Phi) is 6.43. The van der Waals surface area contributed by atoms with Gasteiger partial charge in [0.1, 0.15) is 17.5 Å². The molecule has 148 valence electrons. The van der Waals surface area contributed by atoms with Crippen molar-refractivity contribution >= 4 is 23.2 Å². The molecule has 1 saturated heterocycles. The van der Waals surface area contributed by atoms with Crippen LogP contribution < -0.4 is 10.1 Å². The van der Waals surface area contributed by atoms with Gasteiger partial charge in [0.15, 0.2) is 0 Å². The number of halogens is 1. The third kappa shape index (κ3) is 4.96. The van der Waals surface area contributed by atoms with Gasteiger partial charge >= 0.3 is 0 Å². The Labute approximate surface area is 167 Å². The highest BCUT2D eigenvalue weighted by molar-refractivity contribution is 6.30. The lowest BCUT2D eigenvalue weighted by Crippen LogP contribution is -2.30. The fraction of sp³-hybridized carbons (Fsp3) is 0.368. The molecule has 28 heavy (non-hydrogen) atoms. The number of likely N-dealkylation sites (tertiary alicyclic amines) is 1. The maximum Gasteiger partial charge on any atom is 0.270 e. The number of nitrogens with zero attached hydrogens (tertiary/aromatic N) is 3. The van der Waals surface area contributed by atoms with Crippen LogP contribution in [0.3, 0.4) is 0 Å². The first-order valence-corrected chi connectivity index (χ1v) is 9.32. The Morgan fingerprint density at radius 2 is 2.29 bits per heavy atom. The monoisotopic (exact) mass is 404 g/mol. The van der Waals surface area contributed by atoms with Gasteiger partial charge in [-0.2, -0.15) is 0 Å². The van der Waals surface area contributed by atoms with Crippen LogP contribution in [0.25, 0.3) is 0 Å². The normalized spacial score (nSPS) is 16.7. The minimum Gasteiger partial charge on any atom is -0.490 e. The lowest BCUT2D eigenvalue weighted by Gasteiger charge is -2.19. The Balaban J connectivity index is 1.61. The molecule has 2 aromatic rings. The first-order chi connectivity index (χ1) is 13.4. The van der Waals surface area contributed by atoms with Gasteiger partial charge in [-0.1, -0.05) is 17.7 Å². The van der Waals surface area contributed by atoms with Crippen LogP contribution in [-0.4, -0.2) is 47.0 Å². The van der Waals surface area contributed by atoms with Crippen molar-refractivity contribution in [1.29, 1.82) is 0 Å². The Bertz CT molecular complexity index is 877. The van der Waals surface area contributed by atoms with Crippen molar-refractivity contribution in [3.05, 3.63) is 62.9 Å². The molecular formula is C19H21ClN4O4. The number of rotatable bonds is 7. The van der Waals surface area contributed by atoms with E-state index in [1.807, 2.05) is 0 Å². The van der Waals surface area contributed by atoms with Gasteiger partial charge in [-0.25, -0.2) is 4.98 Å². The molecule has 1 atom stereocenters. The first kappa shape index (κ1) is 20.0. The van der Waals surface area contributed by atoms with Crippen molar-refractivity contribution in [3.8, 4) is 5.75 Å². The molecule has 1 aromatic carbocycles. The van der Waals surface area contributed by atoms with Crippen molar-refractivity contribution in [2.24, 2.45) is 0 Å². The molecule has 1 aliphatic heterocycles. The zero-order valence-electron chi connectivity index (χ0n) is 15.4. The fourth-order valence-corrected chi connectivity index (χ4v) is 3.27. The van der Waals surface area contributed by atoms with E-state index in [0.717, 1.165) is 13.0 Å². The van der Waals surface area contributed by atoms with Gasteiger partial charge < -0.3 is 15.0 Å². The molecule has 1 N–H and O–H groups in total. The van der Waals surface area contributed by atoms with Crippen LogP contribution in [0, 0.1) is 10.1 Å². The number of carbonyl (C=O) groups excluding carboxylic acids is 1. The maximum absolute atomic E-state index is 12.3. The molecule has 9 heteroatoms. The number of nitro groups is 1. The van der Waals surface area contributed by atoms with Gasteiger partial charge in [0.25, 0.3) is 11.6 Å². The summed E-state index contributed by atoms with van der Waals surface area (Å²) < 4.78 is 5.84. The van der Waals surface area contributed by atoms with E-state index in [0.29, 0.717) is 24.0 Å². The Hall–Kier alpha value is -2.71. The molecule has 0 aliphatic carbocycles. The summed E-state index contributed by atoms with van der Waals surface area (Å²) >= 11 is 6.13. The first-order valence-electron chi connectivity index (χ1n) is 8.94. The van der Waals surface area contributed by atoms with Crippen molar-refractivity contribution in [2.45, 2.75) is 25.4 Å². The van der Waals surface area contributed by atoms with E-state index >= 15 is 0 Å². The largest absolute Gasteiger partial charge is 0.490 e. The number of amides is 1. The second-order valence-corrected chi connectivity index (χ2v) is 7.06. The van der Waals surface area contributed by atoms with Gasteiger partial charge in [-0.3, -0.25) is 14.9 Å². The van der Waals surface area contributed by atoms with Crippen LogP contribution >= 0.6 is 11.6 Å². The van der Waals surface area contributed by atoms with Crippen LogP contribution in [0.1, 0.15) is 28.8 Å². The van der Waals surface area contributed by atoms with Crippen LogP contribution in [0.15, 0.2) is 36.5 Å². The fourth-order valence-electron chi connectivity index (χ4n) is 3.10. The van der Waals surface area contributed by atoms with E-state index in [9.17, 15) is 14.9 Å². The number of likely N-dealkylation sites (N-methyl/N-ethyl adjacent to an activating group) is 1.